The molecular weight excluding hydrogens is 299 g/mol. The van der Waals surface area contributed by atoms with E-state index in [-0.39, 0.29) is 0 Å². The molecule has 0 saturated carbocycles. The van der Waals surface area contributed by atoms with Crippen LogP contribution in [0.1, 0.15) is 15.9 Å². The lowest BCUT2D eigenvalue weighted by atomic mass is 10.1. The molecule has 0 aromatic heterocycles. The molecule has 1 N–H and O–H groups in total. The molecule has 0 radical (unpaired) electrons. The van der Waals surface area contributed by atoms with Gasteiger partial charge in [0.2, 0.25) is 0 Å². The summed E-state index contributed by atoms with van der Waals surface area (Å²) in [7, 11) is -1.92. The van der Waals surface area contributed by atoms with Gasteiger partial charge in [0, 0.05) is 45.4 Å². The number of benzene rings is 1. The molecule has 0 amide bonds. The molecule has 1 aliphatic rings. The predicted molar refractivity (Wildman–Crippen MR) is 89.4 cm³/mol. The molecule has 2 rings (SSSR count). The molecule has 0 bridgehead atoms. The quantitative estimate of drug-likeness (QED) is 0.812. The molecule has 1 fully saturated rings. The fourth-order valence-electron chi connectivity index (χ4n) is 2.56. The fourth-order valence-corrected chi connectivity index (χ4v) is 3.33. The minimum Gasteiger partial charge on any atom is -0.478 e. The second-order valence-electron chi connectivity index (χ2n) is 6.42. The summed E-state index contributed by atoms with van der Waals surface area (Å²) in [4.78, 5) is 15.6. The van der Waals surface area contributed by atoms with Gasteiger partial charge in [-0.15, -0.1) is 0 Å². The number of aromatic carboxylic acids is 1. The summed E-state index contributed by atoms with van der Waals surface area (Å²) in [5.41, 5.74) is 1.47. The SMILES string of the molecule is CP(C)(=O)CCN1CCN(Cc2ccc(C(=O)O)cc2)CC1. The van der Waals surface area contributed by atoms with E-state index < -0.39 is 13.1 Å². The Balaban J connectivity index is 1.77. The lowest BCUT2D eigenvalue weighted by Gasteiger charge is -2.35. The molecule has 0 aliphatic carbocycles. The summed E-state index contributed by atoms with van der Waals surface area (Å²) in [6.07, 6.45) is 0.795. The summed E-state index contributed by atoms with van der Waals surface area (Å²) in [5, 5.41) is 8.90. The number of hydrogen-bond donors (Lipinski definition) is 1. The van der Waals surface area contributed by atoms with E-state index in [1.54, 1.807) is 12.1 Å². The molecule has 6 heteroatoms. The Labute approximate surface area is 132 Å². The van der Waals surface area contributed by atoms with Gasteiger partial charge in [0.1, 0.15) is 0 Å². The molecular formula is C16H25N2O3P. The molecule has 1 aromatic rings. The number of nitrogens with zero attached hydrogens (tertiary/aromatic N) is 2. The van der Waals surface area contributed by atoms with Crippen LogP contribution in [0.25, 0.3) is 0 Å². The molecule has 1 heterocycles. The van der Waals surface area contributed by atoms with Crippen molar-refractivity contribution in [3.8, 4) is 0 Å². The summed E-state index contributed by atoms with van der Waals surface area (Å²) in [6, 6.07) is 7.10. The van der Waals surface area contributed by atoms with Crippen LogP contribution in [0.15, 0.2) is 24.3 Å². The maximum Gasteiger partial charge on any atom is 0.335 e. The summed E-state index contributed by atoms with van der Waals surface area (Å²) in [5.74, 6) is -0.885. The average Bonchev–Trinajstić information content (AvgIpc) is 2.46. The van der Waals surface area contributed by atoms with Gasteiger partial charge in [-0.3, -0.25) is 4.90 Å². The summed E-state index contributed by atoms with van der Waals surface area (Å²) >= 11 is 0. The number of hydrogen-bond acceptors (Lipinski definition) is 4. The van der Waals surface area contributed by atoms with Gasteiger partial charge in [0.05, 0.1) is 12.7 Å². The smallest absolute Gasteiger partial charge is 0.335 e. The van der Waals surface area contributed by atoms with E-state index in [0.717, 1.165) is 51.0 Å². The van der Waals surface area contributed by atoms with E-state index in [1.165, 1.54) is 0 Å². The number of carboxylic acid groups (broad SMARTS) is 1. The standard InChI is InChI=1S/C16H25N2O3P/c1-22(2,21)12-11-17-7-9-18(10-8-17)13-14-3-5-15(6-4-14)16(19)20/h3-6H,7-13H2,1-2H3,(H,19,20). The van der Waals surface area contributed by atoms with Crippen molar-refractivity contribution >= 4 is 13.1 Å². The fraction of sp³-hybridized carbons (Fsp3) is 0.562. The highest BCUT2D eigenvalue weighted by Crippen LogP contribution is 2.35. The predicted octanol–water partition coefficient (Wildman–Crippen LogP) is 2.13. The first-order chi connectivity index (χ1) is 10.3. The zero-order valence-corrected chi connectivity index (χ0v) is 14.3. The van der Waals surface area contributed by atoms with Crippen LogP contribution in [-0.2, 0) is 11.1 Å². The number of piperazine rings is 1. The first-order valence-corrected chi connectivity index (χ1v) is 10.4. The zero-order valence-electron chi connectivity index (χ0n) is 13.4. The maximum absolute atomic E-state index is 11.8. The van der Waals surface area contributed by atoms with Crippen molar-refractivity contribution in [1.82, 2.24) is 9.80 Å². The lowest BCUT2D eigenvalue weighted by Crippen LogP contribution is -2.46. The first kappa shape index (κ1) is 17.2. The third kappa shape index (κ3) is 5.56. The van der Waals surface area contributed by atoms with Crippen molar-refractivity contribution in [2.75, 3.05) is 52.2 Å². The molecule has 122 valence electrons. The van der Waals surface area contributed by atoms with E-state index >= 15 is 0 Å². The topological polar surface area (TPSA) is 60.9 Å². The average molecular weight is 324 g/mol. The van der Waals surface area contributed by atoms with Crippen molar-refractivity contribution in [3.05, 3.63) is 35.4 Å². The molecule has 0 atom stereocenters. The van der Waals surface area contributed by atoms with Crippen LogP contribution in [0.4, 0.5) is 0 Å². The normalized spacial score (nSPS) is 17.5. The maximum atomic E-state index is 11.8. The van der Waals surface area contributed by atoms with Gasteiger partial charge in [-0.05, 0) is 31.0 Å². The second-order valence-corrected chi connectivity index (χ2v) is 10.0. The van der Waals surface area contributed by atoms with Crippen LogP contribution in [0.2, 0.25) is 0 Å². The highest BCUT2D eigenvalue weighted by molar-refractivity contribution is 7.62. The number of carboxylic acids is 1. The van der Waals surface area contributed by atoms with E-state index in [0.29, 0.717) is 5.56 Å². The van der Waals surface area contributed by atoms with Gasteiger partial charge < -0.3 is 14.6 Å². The van der Waals surface area contributed by atoms with Gasteiger partial charge in [-0.2, -0.15) is 0 Å². The van der Waals surface area contributed by atoms with Crippen LogP contribution in [0, 0.1) is 0 Å². The van der Waals surface area contributed by atoms with Crippen molar-refractivity contribution < 1.29 is 14.5 Å². The monoisotopic (exact) mass is 324 g/mol. The lowest BCUT2D eigenvalue weighted by molar-refractivity contribution is 0.0697. The highest BCUT2D eigenvalue weighted by atomic mass is 31.2. The van der Waals surface area contributed by atoms with Crippen molar-refractivity contribution in [2.24, 2.45) is 0 Å². The van der Waals surface area contributed by atoms with E-state index in [2.05, 4.69) is 9.80 Å². The Morgan fingerprint density at radius 2 is 1.64 bits per heavy atom. The Bertz CT molecular complexity index is 545. The molecule has 22 heavy (non-hydrogen) atoms. The van der Waals surface area contributed by atoms with E-state index in [4.69, 9.17) is 5.11 Å². The minimum absolute atomic E-state index is 0.331. The Morgan fingerprint density at radius 3 is 2.14 bits per heavy atom. The Morgan fingerprint density at radius 1 is 1.09 bits per heavy atom. The second kappa shape index (κ2) is 7.40. The van der Waals surface area contributed by atoms with E-state index in [9.17, 15) is 9.36 Å². The minimum atomic E-state index is -1.92. The summed E-state index contributed by atoms with van der Waals surface area (Å²) < 4.78 is 11.8. The molecule has 1 saturated heterocycles. The summed E-state index contributed by atoms with van der Waals surface area (Å²) in [6.45, 7) is 9.49. The largest absolute Gasteiger partial charge is 0.478 e. The molecule has 0 unspecified atom stereocenters. The van der Waals surface area contributed by atoms with Gasteiger partial charge >= 0.3 is 5.97 Å². The molecule has 1 aliphatic heterocycles. The third-order valence-electron chi connectivity index (χ3n) is 4.03. The van der Waals surface area contributed by atoms with Crippen LogP contribution < -0.4 is 0 Å². The number of rotatable bonds is 6. The number of carbonyl (C=O) groups is 1. The molecule has 5 nitrogen and oxygen atoms in total. The van der Waals surface area contributed by atoms with Crippen LogP contribution in [0.3, 0.4) is 0 Å². The zero-order chi connectivity index (χ0) is 16.2. The highest BCUT2D eigenvalue weighted by Gasteiger charge is 2.18. The molecule has 0 spiro atoms. The van der Waals surface area contributed by atoms with E-state index in [1.807, 2.05) is 25.5 Å². The van der Waals surface area contributed by atoms with Gasteiger partial charge in [-0.1, -0.05) is 12.1 Å². The van der Waals surface area contributed by atoms with Crippen molar-refractivity contribution in [1.29, 1.82) is 0 Å². The van der Waals surface area contributed by atoms with Crippen molar-refractivity contribution in [2.45, 2.75) is 6.54 Å². The van der Waals surface area contributed by atoms with Gasteiger partial charge in [0.15, 0.2) is 0 Å². The van der Waals surface area contributed by atoms with Crippen molar-refractivity contribution in [3.63, 3.8) is 0 Å². The first-order valence-electron chi connectivity index (χ1n) is 7.64. The molecule has 1 aromatic carbocycles. The van der Waals surface area contributed by atoms with Crippen LogP contribution >= 0.6 is 7.14 Å². The van der Waals surface area contributed by atoms with Gasteiger partial charge in [0.25, 0.3) is 0 Å². The van der Waals surface area contributed by atoms with Crippen LogP contribution in [0.5, 0.6) is 0 Å². The van der Waals surface area contributed by atoms with Crippen LogP contribution in [-0.4, -0.2) is 73.1 Å². The Hall–Kier alpha value is -1.16. The third-order valence-corrected chi connectivity index (χ3v) is 5.30. The Kier molecular flexibility index (Phi) is 5.79. The van der Waals surface area contributed by atoms with Gasteiger partial charge in [-0.25, -0.2) is 4.79 Å².